The van der Waals surface area contributed by atoms with Gasteiger partial charge in [0.15, 0.2) is 0 Å². The van der Waals surface area contributed by atoms with Crippen molar-refractivity contribution < 1.29 is 0 Å². The average Bonchev–Trinajstić information content (AvgIpc) is 2.95. The van der Waals surface area contributed by atoms with E-state index in [1.54, 1.807) is 11.3 Å². The van der Waals surface area contributed by atoms with E-state index >= 15 is 0 Å². The number of halogens is 1. The Morgan fingerprint density at radius 2 is 2.14 bits per heavy atom. The van der Waals surface area contributed by atoms with Crippen LogP contribution in [0.2, 0.25) is 5.02 Å². The highest BCUT2D eigenvalue weighted by Gasteiger charge is 2.12. The number of aromatic nitrogens is 2. The van der Waals surface area contributed by atoms with E-state index in [1.165, 1.54) is 0 Å². The maximum atomic E-state index is 6.04. The Morgan fingerprint density at radius 3 is 2.90 bits per heavy atom. The molecule has 0 amide bonds. The first kappa shape index (κ1) is 14.1. The minimum absolute atomic E-state index is 0.0623. The zero-order chi connectivity index (χ0) is 14.8. The Kier molecular flexibility index (Phi) is 3.92. The van der Waals surface area contributed by atoms with Gasteiger partial charge in [-0.2, -0.15) is 4.98 Å². The number of fused-ring (bicyclic) bond motifs is 1. The highest BCUT2D eigenvalue weighted by Crippen LogP contribution is 2.29. The summed E-state index contributed by atoms with van der Waals surface area (Å²) in [7, 11) is 0. The first-order valence-corrected chi connectivity index (χ1v) is 7.67. The van der Waals surface area contributed by atoms with E-state index in [4.69, 9.17) is 17.4 Å². The molecule has 0 saturated heterocycles. The number of thiophene rings is 1. The Bertz CT molecular complexity index is 773. The molecule has 0 spiro atoms. The average molecular weight is 320 g/mol. The van der Waals surface area contributed by atoms with Crippen molar-refractivity contribution in [3.05, 3.63) is 46.3 Å². The molecular weight excluding hydrogens is 306 g/mol. The smallest absolute Gasteiger partial charge is 0.240 e. The van der Waals surface area contributed by atoms with Gasteiger partial charge in [0.25, 0.3) is 0 Å². The van der Waals surface area contributed by atoms with Gasteiger partial charge in [-0.15, -0.1) is 11.3 Å². The second-order valence-electron chi connectivity index (χ2n) is 4.60. The van der Waals surface area contributed by atoms with Crippen LogP contribution in [0.15, 0.2) is 35.7 Å². The zero-order valence-electron chi connectivity index (χ0n) is 11.3. The number of hydrogen-bond acceptors (Lipinski definition) is 6. The molecule has 4 N–H and O–H groups in total. The molecule has 2 heterocycles. The molecule has 1 atom stereocenters. The topological polar surface area (TPSA) is 75.9 Å². The maximum absolute atomic E-state index is 6.04. The van der Waals surface area contributed by atoms with E-state index < -0.39 is 0 Å². The monoisotopic (exact) mass is 319 g/mol. The van der Waals surface area contributed by atoms with Crippen LogP contribution in [0.4, 0.5) is 11.8 Å². The van der Waals surface area contributed by atoms with Crippen molar-refractivity contribution in [2.24, 2.45) is 5.84 Å². The largest absolute Gasteiger partial charge is 0.363 e. The lowest BCUT2D eigenvalue weighted by Crippen LogP contribution is -2.13. The molecule has 5 nitrogen and oxygen atoms in total. The van der Waals surface area contributed by atoms with Crippen LogP contribution in [-0.4, -0.2) is 9.97 Å². The number of nitrogens with two attached hydrogens (primary N) is 1. The van der Waals surface area contributed by atoms with E-state index in [9.17, 15) is 0 Å². The molecule has 3 rings (SSSR count). The second kappa shape index (κ2) is 5.85. The molecule has 0 aliphatic rings. The lowest BCUT2D eigenvalue weighted by molar-refractivity contribution is 0.876. The van der Waals surface area contributed by atoms with Gasteiger partial charge in [0.05, 0.1) is 11.4 Å². The Labute approximate surface area is 131 Å². The lowest BCUT2D eigenvalue weighted by Gasteiger charge is -2.16. The Balaban J connectivity index is 1.95. The van der Waals surface area contributed by atoms with Crippen molar-refractivity contribution in [2.75, 3.05) is 10.7 Å². The predicted octanol–water partition coefficient (Wildman–Crippen LogP) is 3.80. The van der Waals surface area contributed by atoms with Crippen LogP contribution in [-0.2, 0) is 0 Å². The Hall–Kier alpha value is -1.89. The number of nitrogens with zero attached hydrogens (tertiary/aromatic N) is 2. The van der Waals surface area contributed by atoms with E-state index in [2.05, 4.69) is 27.6 Å². The molecule has 21 heavy (non-hydrogen) atoms. The molecule has 0 saturated carbocycles. The van der Waals surface area contributed by atoms with E-state index in [0.717, 1.165) is 21.6 Å². The fourth-order valence-electron chi connectivity index (χ4n) is 2.09. The van der Waals surface area contributed by atoms with Crippen LogP contribution in [0, 0.1) is 0 Å². The zero-order valence-corrected chi connectivity index (χ0v) is 12.9. The highest BCUT2D eigenvalue weighted by atomic mass is 35.5. The molecule has 0 aliphatic carbocycles. The minimum Gasteiger partial charge on any atom is -0.363 e. The summed E-state index contributed by atoms with van der Waals surface area (Å²) in [6, 6.07) is 9.81. The van der Waals surface area contributed by atoms with Crippen LogP contribution in [0.1, 0.15) is 18.5 Å². The van der Waals surface area contributed by atoms with Gasteiger partial charge in [0.1, 0.15) is 10.6 Å². The van der Waals surface area contributed by atoms with Gasteiger partial charge in [-0.3, -0.25) is 5.43 Å². The van der Waals surface area contributed by atoms with Crippen molar-refractivity contribution in [3.8, 4) is 0 Å². The van der Waals surface area contributed by atoms with Gasteiger partial charge < -0.3 is 5.32 Å². The summed E-state index contributed by atoms with van der Waals surface area (Å²) in [5.41, 5.74) is 3.58. The summed E-state index contributed by atoms with van der Waals surface area (Å²) in [4.78, 5) is 9.60. The molecule has 108 valence electrons. The fourth-order valence-corrected chi connectivity index (χ4v) is 3.06. The number of nitrogen functional groups attached to an aromatic ring is 1. The number of hydrazine groups is 1. The third-order valence-electron chi connectivity index (χ3n) is 3.16. The number of nitrogens with one attached hydrogen (secondary N) is 2. The van der Waals surface area contributed by atoms with Gasteiger partial charge in [0, 0.05) is 5.02 Å². The van der Waals surface area contributed by atoms with Crippen LogP contribution in [0.25, 0.3) is 10.2 Å². The molecule has 0 fully saturated rings. The van der Waals surface area contributed by atoms with Gasteiger partial charge in [0.2, 0.25) is 5.95 Å². The van der Waals surface area contributed by atoms with Crippen molar-refractivity contribution in [1.29, 1.82) is 0 Å². The quantitative estimate of drug-likeness (QED) is 0.503. The molecular formula is C14H14ClN5S. The molecule has 0 aliphatic heterocycles. The SMILES string of the molecule is CC(Nc1nc(NN)nc2sccc12)c1cccc(Cl)c1. The standard InChI is InChI=1S/C14H14ClN5S/c1-8(9-3-2-4-10(15)7-9)17-12-11-5-6-21-13(11)19-14(18-12)20-16/h2-8H,16H2,1H3,(H2,17,18,19,20). The van der Waals surface area contributed by atoms with Crippen molar-refractivity contribution in [2.45, 2.75) is 13.0 Å². The summed E-state index contributed by atoms with van der Waals surface area (Å²) >= 11 is 7.59. The number of rotatable bonds is 4. The normalized spacial score (nSPS) is 12.3. The summed E-state index contributed by atoms with van der Waals surface area (Å²) < 4.78 is 0. The van der Waals surface area contributed by atoms with Crippen LogP contribution in [0.3, 0.4) is 0 Å². The maximum Gasteiger partial charge on any atom is 0.240 e. The molecule has 1 aromatic carbocycles. The van der Waals surface area contributed by atoms with Gasteiger partial charge >= 0.3 is 0 Å². The molecule has 7 heteroatoms. The van der Waals surface area contributed by atoms with Crippen molar-refractivity contribution in [1.82, 2.24) is 9.97 Å². The summed E-state index contributed by atoms with van der Waals surface area (Å²) in [6.07, 6.45) is 0. The van der Waals surface area contributed by atoms with Crippen LogP contribution >= 0.6 is 22.9 Å². The van der Waals surface area contributed by atoms with E-state index in [0.29, 0.717) is 11.0 Å². The van der Waals surface area contributed by atoms with Gasteiger partial charge in [-0.1, -0.05) is 23.7 Å². The van der Waals surface area contributed by atoms with Crippen LogP contribution in [0.5, 0.6) is 0 Å². The summed E-state index contributed by atoms with van der Waals surface area (Å²) in [5, 5.41) is 7.07. The molecule has 0 bridgehead atoms. The lowest BCUT2D eigenvalue weighted by atomic mass is 10.1. The van der Waals surface area contributed by atoms with Crippen LogP contribution < -0.4 is 16.6 Å². The van der Waals surface area contributed by atoms with Crippen molar-refractivity contribution in [3.63, 3.8) is 0 Å². The van der Waals surface area contributed by atoms with Gasteiger partial charge in [-0.05, 0) is 36.1 Å². The predicted molar refractivity (Wildman–Crippen MR) is 88.7 cm³/mol. The van der Waals surface area contributed by atoms with Crippen molar-refractivity contribution >= 4 is 44.9 Å². The fraction of sp³-hybridized carbons (Fsp3) is 0.143. The third kappa shape index (κ3) is 2.92. The third-order valence-corrected chi connectivity index (χ3v) is 4.20. The number of benzene rings is 1. The van der Waals surface area contributed by atoms with E-state index in [-0.39, 0.29) is 6.04 Å². The van der Waals surface area contributed by atoms with E-state index in [1.807, 2.05) is 35.7 Å². The number of hydrogen-bond donors (Lipinski definition) is 3. The molecule has 0 radical (unpaired) electrons. The Morgan fingerprint density at radius 1 is 1.29 bits per heavy atom. The number of anilines is 2. The summed E-state index contributed by atoms with van der Waals surface area (Å²) in [5.74, 6) is 6.57. The first-order valence-electron chi connectivity index (χ1n) is 6.41. The molecule has 3 aromatic rings. The minimum atomic E-state index is 0.0623. The highest BCUT2D eigenvalue weighted by molar-refractivity contribution is 7.16. The molecule has 1 unspecified atom stereocenters. The first-order chi connectivity index (χ1) is 10.2. The molecule has 2 aromatic heterocycles. The summed E-state index contributed by atoms with van der Waals surface area (Å²) in [6.45, 7) is 2.06. The second-order valence-corrected chi connectivity index (χ2v) is 5.93. The van der Waals surface area contributed by atoms with Gasteiger partial charge in [-0.25, -0.2) is 10.8 Å².